The molecule has 4 heteroatoms. The van der Waals surface area contributed by atoms with E-state index in [-0.39, 0.29) is 18.1 Å². The first-order valence-corrected chi connectivity index (χ1v) is 9.14. The van der Waals surface area contributed by atoms with Crippen molar-refractivity contribution >= 4 is 11.8 Å². The summed E-state index contributed by atoms with van der Waals surface area (Å²) >= 11 is 0. The molecule has 4 nitrogen and oxygen atoms in total. The third-order valence-electron chi connectivity index (χ3n) is 4.55. The van der Waals surface area contributed by atoms with E-state index in [1.807, 2.05) is 12.1 Å². The first kappa shape index (κ1) is 19.4. The van der Waals surface area contributed by atoms with E-state index < -0.39 is 5.97 Å². The van der Waals surface area contributed by atoms with E-state index in [1.165, 1.54) is 0 Å². The first-order valence-electron chi connectivity index (χ1n) is 9.14. The topological polar surface area (TPSA) is 63.6 Å². The Labute approximate surface area is 164 Å². The molecule has 0 aliphatic carbocycles. The zero-order chi connectivity index (χ0) is 20.1. The average molecular weight is 374 g/mol. The molecule has 0 fully saturated rings. The summed E-state index contributed by atoms with van der Waals surface area (Å²) in [7, 11) is 0. The molecule has 0 atom stereocenters. The third-order valence-corrected chi connectivity index (χ3v) is 4.55. The molecule has 0 unspecified atom stereocenters. The number of Topliss-reactive ketones (excluding diaryl/α,β-unsaturated/α-hetero) is 1. The predicted octanol–water partition coefficient (Wildman–Crippen LogP) is 5.22. The maximum Gasteiger partial charge on any atom is 0.338 e. The van der Waals surface area contributed by atoms with Crippen molar-refractivity contribution in [1.82, 2.24) is 0 Å². The lowest BCUT2D eigenvalue weighted by atomic mass is 10.0. The number of phenols is 1. The maximum absolute atomic E-state index is 12.2. The first-order chi connectivity index (χ1) is 13.4. The molecule has 0 radical (unpaired) electrons. The predicted molar refractivity (Wildman–Crippen MR) is 109 cm³/mol. The molecule has 0 aliphatic rings. The number of carbonyl (C=O) groups is 2. The van der Waals surface area contributed by atoms with Gasteiger partial charge in [-0.3, -0.25) is 4.79 Å². The Morgan fingerprint density at radius 2 is 1.29 bits per heavy atom. The zero-order valence-electron chi connectivity index (χ0n) is 15.9. The summed E-state index contributed by atoms with van der Waals surface area (Å²) in [5.74, 6) is -0.173. The van der Waals surface area contributed by atoms with Crippen LogP contribution in [0, 0.1) is 0 Å². The van der Waals surface area contributed by atoms with Gasteiger partial charge in [-0.2, -0.15) is 0 Å². The fourth-order valence-corrected chi connectivity index (χ4v) is 2.80. The van der Waals surface area contributed by atoms with E-state index in [9.17, 15) is 14.7 Å². The summed E-state index contributed by atoms with van der Waals surface area (Å²) < 4.78 is 5.16. The van der Waals surface area contributed by atoms with E-state index >= 15 is 0 Å². The smallest absolute Gasteiger partial charge is 0.338 e. The van der Waals surface area contributed by atoms with Gasteiger partial charge in [-0.25, -0.2) is 4.79 Å². The highest BCUT2D eigenvalue weighted by Gasteiger charge is 2.12. The summed E-state index contributed by atoms with van der Waals surface area (Å²) in [6.45, 7) is 3.89. The second kappa shape index (κ2) is 8.53. The zero-order valence-corrected chi connectivity index (χ0v) is 15.9. The Morgan fingerprint density at radius 1 is 0.786 bits per heavy atom. The normalized spacial score (nSPS) is 10.7. The number of carbonyl (C=O) groups excluding carboxylic acids is 2. The van der Waals surface area contributed by atoms with Crippen LogP contribution in [0.4, 0.5) is 0 Å². The molecular weight excluding hydrogens is 352 g/mol. The van der Waals surface area contributed by atoms with Crippen molar-refractivity contribution in [3.05, 3.63) is 89.5 Å². The Bertz CT molecular complexity index is 953. The van der Waals surface area contributed by atoms with Crippen molar-refractivity contribution in [2.24, 2.45) is 0 Å². The number of phenolic OH excluding ortho intramolecular Hbond substituents is 1. The lowest BCUT2D eigenvalue weighted by Gasteiger charge is -2.08. The number of ether oxygens (including phenoxy) is 1. The highest BCUT2D eigenvalue weighted by Crippen LogP contribution is 2.22. The van der Waals surface area contributed by atoms with Gasteiger partial charge in [-0.1, -0.05) is 62.4 Å². The van der Waals surface area contributed by atoms with E-state index in [2.05, 4.69) is 13.8 Å². The largest absolute Gasteiger partial charge is 0.508 e. The van der Waals surface area contributed by atoms with Crippen molar-refractivity contribution < 1.29 is 19.4 Å². The molecule has 0 amide bonds. The van der Waals surface area contributed by atoms with Gasteiger partial charge in [0.2, 0.25) is 0 Å². The quantitative estimate of drug-likeness (QED) is 0.474. The van der Waals surface area contributed by atoms with Crippen LogP contribution in [0.2, 0.25) is 0 Å². The Kier molecular flexibility index (Phi) is 5.90. The van der Waals surface area contributed by atoms with Gasteiger partial charge in [0.1, 0.15) is 5.75 Å². The van der Waals surface area contributed by atoms with Crippen molar-refractivity contribution in [3.8, 4) is 16.9 Å². The van der Waals surface area contributed by atoms with Gasteiger partial charge in [0.05, 0.1) is 5.56 Å². The number of aromatic hydroxyl groups is 1. The standard InChI is InChI=1S/C24H22O4/c1-16(2)17-3-7-20(8-4-17)23(26)15-28-24(27)21-9-5-18(6-10-21)19-11-13-22(25)14-12-19/h3-14,16,25H,15H2,1-2H3. The number of hydrogen-bond donors (Lipinski definition) is 1. The highest BCUT2D eigenvalue weighted by atomic mass is 16.5. The van der Waals surface area contributed by atoms with Crippen molar-refractivity contribution in [2.75, 3.05) is 6.61 Å². The molecule has 142 valence electrons. The minimum atomic E-state index is -0.538. The van der Waals surface area contributed by atoms with Gasteiger partial charge in [0.15, 0.2) is 12.4 Å². The van der Waals surface area contributed by atoms with Crippen LogP contribution in [-0.4, -0.2) is 23.5 Å². The van der Waals surface area contributed by atoms with Crippen LogP contribution in [-0.2, 0) is 4.74 Å². The van der Waals surface area contributed by atoms with Crippen molar-refractivity contribution in [3.63, 3.8) is 0 Å². The molecule has 3 aromatic rings. The molecule has 0 heterocycles. The Morgan fingerprint density at radius 3 is 1.82 bits per heavy atom. The summed E-state index contributed by atoms with van der Waals surface area (Å²) in [6, 6.07) is 21.1. The van der Waals surface area contributed by atoms with Crippen LogP contribution < -0.4 is 0 Å². The molecule has 0 aliphatic heterocycles. The van der Waals surface area contributed by atoms with Crippen LogP contribution in [0.25, 0.3) is 11.1 Å². The van der Waals surface area contributed by atoms with E-state index in [4.69, 9.17) is 4.74 Å². The third kappa shape index (κ3) is 4.65. The molecule has 3 rings (SSSR count). The van der Waals surface area contributed by atoms with Crippen molar-refractivity contribution in [1.29, 1.82) is 0 Å². The monoisotopic (exact) mass is 374 g/mol. The highest BCUT2D eigenvalue weighted by molar-refractivity contribution is 5.99. The summed E-state index contributed by atoms with van der Waals surface area (Å²) in [6.07, 6.45) is 0. The van der Waals surface area contributed by atoms with Gasteiger partial charge in [-0.05, 0) is 46.9 Å². The van der Waals surface area contributed by atoms with Crippen LogP contribution in [0.15, 0.2) is 72.8 Å². The van der Waals surface area contributed by atoms with Gasteiger partial charge in [-0.15, -0.1) is 0 Å². The van der Waals surface area contributed by atoms with Crippen LogP contribution in [0.3, 0.4) is 0 Å². The molecule has 0 bridgehead atoms. The van der Waals surface area contributed by atoms with Crippen LogP contribution in [0.5, 0.6) is 5.75 Å². The Balaban J connectivity index is 1.60. The molecule has 28 heavy (non-hydrogen) atoms. The summed E-state index contributed by atoms with van der Waals surface area (Å²) in [5.41, 5.74) is 3.91. The molecular formula is C24H22O4. The number of esters is 1. The van der Waals surface area contributed by atoms with Gasteiger partial charge < -0.3 is 9.84 Å². The van der Waals surface area contributed by atoms with Gasteiger partial charge >= 0.3 is 5.97 Å². The van der Waals surface area contributed by atoms with Gasteiger partial charge in [0.25, 0.3) is 0 Å². The van der Waals surface area contributed by atoms with Crippen molar-refractivity contribution in [2.45, 2.75) is 19.8 Å². The molecule has 0 saturated carbocycles. The minimum Gasteiger partial charge on any atom is -0.508 e. The number of hydrogen-bond acceptors (Lipinski definition) is 4. The van der Waals surface area contributed by atoms with E-state index in [1.54, 1.807) is 60.7 Å². The molecule has 0 saturated heterocycles. The van der Waals surface area contributed by atoms with E-state index in [0.29, 0.717) is 17.0 Å². The molecule has 0 aromatic heterocycles. The molecule has 1 N–H and O–H groups in total. The fraction of sp³-hybridized carbons (Fsp3) is 0.167. The second-order valence-corrected chi connectivity index (χ2v) is 6.90. The maximum atomic E-state index is 12.2. The molecule has 3 aromatic carbocycles. The van der Waals surface area contributed by atoms with E-state index in [0.717, 1.165) is 16.7 Å². The lowest BCUT2D eigenvalue weighted by Crippen LogP contribution is -2.14. The Hall–Kier alpha value is -3.40. The van der Waals surface area contributed by atoms with Crippen LogP contribution >= 0.6 is 0 Å². The number of ketones is 1. The molecule has 0 spiro atoms. The summed E-state index contributed by atoms with van der Waals surface area (Å²) in [4.78, 5) is 24.4. The van der Waals surface area contributed by atoms with Gasteiger partial charge in [0, 0.05) is 5.56 Å². The lowest BCUT2D eigenvalue weighted by molar-refractivity contribution is 0.0475. The summed E-state index contributed by atoms with van der Waals surface area (Å²) in [5, 5.41) is 9.36. The number of rotatable bonds is 6. The minimum absolute atomic E-state index is 0.201. The average Bonchev–Trinajstić information content (AvgIpc) is 2.72. The number of benzene rings is 3. The van der Waals surface area contributed by atoms with Crippen LogP contribution in [0.1, 0.15) is 46.0 Å². The SMILES string of the molecule is CC(C)c1ccc(C(=O)COC(=O)c2ccc(-c3ccc(O)cc3)cc2)cc1. The fourth-order valence-electron chi connectivity index (χ4n) is 2.80. The second-order valence-electron chi connectivity index (χ2n) is 6.90.